The monoisotopic (exact) mass is 327 g/mol. The van der Waals surface area contributed by atoms with Gasteiger partial charge in [0.25, 0.3) is 0 Å². The number of methoxy groups -OCH3 is 2. The Bertz CT molecular complexity index is 727. The lowest BCUT2D eigenvalue weighted by atomic mass is 10.0. The van der Waals surface area contributed by atoms with Crippen LogP contribution in [0.2, 0.25) is 0 Å². The lowest BCUT2D eigenvalue weighted by Gasteiger charge is -2.19. The second-order valence-corrected chi connectivity index (χ2v) is 6.46. The van der Waals surface area contributed by atoms with Crippen molar-refractivity contribution in [2.75, 3.05) is 21.3 Å². The van der Waals surface area contributed by atoms with Crippen molar-refractivity contribution < 1.29 is 14.6 Å². The SMILES string of the molecule is COc1ccc(CN(C)Cc2cc3c(cc2O)CCC3)cc1OC. The fourth-order valence-electron chi connectivity index (χ4n) is 3.43. The highest BCUT2D eigenvalue weighted by Gasteiger charge is 2.15. The molecule has 0 bridgehead atoms. The highest BCUT2D eigenvalue weighted by Crippen LogP contribution is 2.31. The largest absolute Gasteiger partial charge is 0.508 e. The van der Waals surface area contributed by atoms with Crippen LogP contribution in [0.1, 0.15) is 28.7 Å². The molecule has 0 unspecified atom stereocenters. The minimum atomic E-state index is 0.412. The van der Waals surface area contributed by atoms with E-state index in [-0.39, 0.29) is 0 Å². The summed E-state index contributed by atoms with van der Waals surface area (Å²) in [4.78, 5) is 2.19. The van der Waals surface area contributed by atoms with E-state index in [1.165, 1.54) is 17.5 Å². The van der Waals surface area contributed by atoms with Gasteiger partial charge in [-0.1, -0.05) is 12.1 Å². The van der Waals surface area contributed by atoms with Gasteiger partial charge in [0.2, 0.25) is 0 Å². The first-order valence-electron chi connectivity index (χ1n) is 8.33. The number of hydrogen-bond donors (Lipinski definition) is 1. The molecule has 128 valence electrons. The van der Waals surface area contributed by atoms with E-state index in [0.717, 1.165) is 42.0 Å². The maximum absolute atomic E-state index is 10.3. The number of aromatic hydroxyl groups is 1. The normalized spacial score (nSPS) is 13.2. The zero-order valence-corrected chi connectivity index (χ0v) is 14.6. The maximum atomic E-state index is 10.3. The van der Waals surface area contributed by atoms with Crippen LogP contribution >= 0.6 is 0 Å². The number of aryl methyl sites for hydroxylation is 2. The van der Waals surface area contributed by atoms with E-state index >= 15 is 0 Å². The minimum absolute atomic E-state index is 0.412. The third kappa shape index (κ3) is 3.49. The van der Waals surface area contributed by atoms with Crippen molar-refractivity contribution in [3.63, 3.8) is 0 Å². The Balaban J connectivity index is 1.71. The van der Waals surface area contributed by atoms with Gasteiger partial charge in [0.1, 0.15) is 5.75 Å². The molecule has 0 fully saturated rings. The van der Waals surface area contributed by atoms with Crippen molar-refractivity contribution in [3.8, 4) is 17.2 Å². The molecular weight excluding hydrogens is 302 g/mol. The number of nitrogens with zero attached hydrogens (tertiary/aromatic N) is 1. The first-order chi connectivity index (χ1) is 11.6. The van der Waals surface area contributed by atoms with Crippen LogP contribution in [0, 0.1) is 0 Å². The zero-order chi connectivity index (χ0) is 17.1. The van der Waals surface area contributed by atoms with Crippen molar-refractivity contribution in [3.05, 3.63) is 52.6 Å². The molecule has 0 radical (unpaired) electrons. The zero-order valence-electron chi connectivity index (χ0n) is 14.6. The smallest absolute Gasteiger partial charge is 0.161 e. The van der Waals surface area contributed by atoms with Gasteiger partial charge in [-0.05, 0) is 61.2 Å². The molecule has 0 heterocycles. The lowest BCUT2D eigenvalue weighted by molar-refractivity contribution is 0.310. The summed E-state index contributed by atoms with van der Waals surface area (Å²) in [6.45, 7) is 1.49. The van der Waals surface area contributed by atoms with Gasteiger partial charge in [0.05, 0.1) is 14.2 Å². The fraction of sp³-hybridized carbons (Fsp3) is 0.400. The predicted molar refractivity (Wildman–Crippen MR) is 94.8 cm³/mol. The van der Waals surface area contributed by atoms with Crippen LogP contribution < -0.4 is 9.47 Å². The third-order valence-electron chi connectivity index (χ3n) is 4.63. The highest BCUT2D eigenvalue weighted by atomic mass is 16.5. The van der Waals surface area contributed by atoms with E-state index in [1.807, 2.05) is 24.3 Å². The van der Waals surface area contributed by atoms with Crippen molar-refractivity contribution >= 4 is 0 Å². The van der Waals surface area contributed by atoms with E-state index < -0.39 is 0 Å². The molecule has 24 heavy (non-hydrogen) atoms. The van der Waals surface area contributed by atoms with Gasteiger partial charge >= 0.3 is 0 Å². The fourth-order valence-corrected chi connectivity index (χ4v) is 3.43. The van der Waals surface area contributed by atoms with Gasteiger partial charge in [0.15, 0.2) is 11.5 Å². The lowest BCUT2D eigenvalue weighted by Crippen LogP contribution is -2.17. The topological polar surface area (TPSA) is 41.9 Å². The summed E-state index contributed by atoms with van der Waals surface area (Å²) in [5, 5.41) is 10.3. The molecule has 0 amide bonds. The molecule has 4 nitrogen and oxygen atoms in total. The summed E-state index contributed by atoms with van der Waals surface area (Å²) in [5.41, 5.74) is 4.84. The van der Waals surface area contributed by atoms with Gasteiger partial charge in [-0.25, -0.2) is 0 Å². The molecular formula is C20H25NO3. The second-order valence-electron chi connectivity index (χ2n) is 6.46. The molecule has 0 atom stereocenters. The molecule has 1 N–H and O–H groups in total. The average molecular weight is 327 g/mol. The Morgan fingerprint density at radius 2 is 1.67 bits per heavy atom. The molecule has 1 aliphatic carbocycles. The summed E-state index contributed by atoms with van der Waals surface area (Å²) >= 11 is 0. The summed E-state index contributed by atoms with van der Waals surface area (Å²) in [6, 6.07) is 10.1. The molecule has 0 aromatic heterocycles. The molecule has 1 aliphatic rings. The van der Waals surface area contributed by atoms with Gasteiger partial charge < -0.3 is 14.6 Å². The van der Waals surface area contributed by atoms with Crippen LogP contribution in [0.3, 0.4) is 0 Å². The maximum Gasteiger partial charge on any atom is 0.161 e. The minimum Gasteiger partial charge on any atom is -0.508 e. The molecule has 4 heteroatoms. The van der Waals surface area contributed by atoms with Crippen LogP contribution in [-0.2, 0) is 25.9 Å². The van der Waals surface area contributed by atoms with E-state index in [2.05, 4.69) is 18.0 Å². The standard InChI is InChI=1S/C20H25NO3/c1-21(12-14-7-8-19(23-2)20(9-14)24-3)13-17-10-15-5-4-6-16(15)11-18(17)22/h7-11,22H,4-6,12-13H2,1-3H3. The first kappa shape index (κ1) is 16.7. The molecule has 0 spiro atoms. The van der Waals surface area contributed by atoms with Crippen molar-refractivity contribution in [2.45, 2.75) is 32.4 Å². The first-order valence-corrected chi connectivity index (χ1v) is 8.33. The van der Waals surface area contributed by atoms with Gasteiger partial charge in [0, 0.05) is 18.7 Å². The van der Waals surface area contributed by atoms with E-state index in [1.54, 1.807) is 14.2 Å². The molecule has 0 saturated carbocycles. The number of rotatable bonds is 6. The van der Waals surface area contributed by atoms with Gasteiger partial charge in [-0.15, -0.1) is 0 Å². The van der Waals surface area contributed by atoms with Crippen molar-refractivity contribution in [1.29, 1.82) is 0 Å². The average Bonchev–Trinajstić information content (AvgIpc) is 3.02. The van der Waals surface area contributed by atoms with Gasteiger partial charge in [-0.3, -0.25) is 4.90 Å². The van der Waals surface area contributed by atoms with Crippen LogP contribution in [-0.4, -0.2) is 31.3 Å². The Morgan fingerprint density at radius 3 is 2.38 bits per heavy atom. The molecule has 2 aromatic carbocycles. The quantitative estimate of drug-likeness (QED) is 0.881. The second kappa shape index (κ2) is 7.14. The van der Waals surface area contributed by atoms with Crippen molar-refractivity contribution in [2.24, 2.45) is 0 Å². The number of ether oxygens (including phenoxy) is 2. The van der Waals surface area contributed by atoms with E-state index in [4.69, 9.17) is 9.47 Å². The van der Waals surface area contributed by atoms with Crippen LogP contribution in [0.4, 0.5) is 0 Å². The molecule has 0 saturated heterocycles. The summed E-state index contributed by atoms with van der Waals surface area (Å²) in [7, 11) is 5.34. The van der Waals surface area contributed by atoms with Gasteiger partial charge in [-0.2, -0.15) is 0 Å². The van der Waals surface area contributed by atoms with Crippen LogP contribution in [0.15, 0.2) is 30.3 Å². The van der Waals surface area contributed by atoms with E-state index in [9.17, 15) is 5.11 Å². The third-order valence-corrected chi connectivity index (χ3v) is 4.63. The Morgan fingerprint density at radius 1 is 0.958 bits per heavy atom. The van der Waals surface area contributed by atoms with Crippen LogP contribution in [0.5, 0.6) is 17.2 Å². The summed E-state index contributed by atoms with van der Waals surface area (Å²) in [5.74, 6) is 1.89. The Labute approximate surface area is 143 Å². The predicted octanol–water partition coefficient (Wildman–Crippen LogP) is 3.53. The molecule has 3 rings (SSSR count). The number of benzene rings is 2. The molecule has 2 aromatic rings. The molecule has 0 aliphatic heterocycles. The Hall–Kier alpha value is -2.20. The van der Waals surface area contributed by atoms with Crippen LogP contribution in [0.25, 0.3) is 0 Å². The van der Waals surface area contributed by atoms with Crippen molar-refractivity contribution in [1.82, 2.24) is 4.90 Å². The van der Waals surface area contributed by atoms with E-state index in [0.29, 0.717) is 12.3 Å². The number of fused-ring (bicyclic) bond motifs is 1. The highest BCUT2D eigenvalue weighted by molar-refractivity contribution is 5.44. The Kier molecular flexibility index (Phi) is 4.95. The summed E-state index contributed by atoms with van der Waals surface area (Å²) < 4.78 is 10.6. The number of phenols is 1. The number of phenolic OH excluding ortho intramolecular Hbond substituents is 1. The number of hydrogen-bond acceptors (Lipinski definition) is 4. The summed E-state index contributed by atoms with van der Waals surface area (Å²) in [6.07, 6.45) is 3.41.